The Bertz CT molecular complexity index is 541. The van der Waals surface area contributed by atoms with Gasteiger partial charge in [-0.1, -0.05) is 18.2 Å². The Labute approximate surface area is 111 Å². The zero-order valence-electron chi connectivity index (χ0n) is 11.1. The van der Waals surface area contributed by atoms with E-state index in [1.807, 2.05) is 13.1 Å². The highest BCUT2D eigenvalue weighted by molar-refractivity contribution is 5.28. The molecule has 5 nitrogen and oxygen atoms in total. The molecule has 1 aromatic carbocycles. The predicted octanol–water partition coefficient (Wildman–Crippen LogP) is 1.58. The Balaban J connectivity index is 2.06. The number of hydrogen-bond donors (Lipinski definition) is 1. The molecule has 6 heteroatoms. The Morgan fingerprint density at radius 3 is 2.95 bits per heavy atom. The highest BCUT2D eigenvalue weighted by atomic mass is 19.1. The van der Waals surface area contributed by atoms with Crippen LogP contribution in [0.5, 0.6) is 5.75 Å². The van der Waals surface area contributed by atoms with E-state index in [9.17, 15) is 4.39 Å². The van der Waals surface area contributed by atoms with E-state index in [0.29, 0.717) is 24.4 Å². The third-order valence-corrected chi connectivity index (χ3v) is 2.73. The van der Waals surface area contributed by atoms with E-state index in [1.165, 1.54) is 13.2 Å². The number of halogens is 1. The van der Waals surface area contributed by atoms with Gasteiger partial charge in [-0.3, -0.25) is 0 Å². The van der Waals surface area contributed by atoms with E-state index in [2.05, 4.69) is 15.6 Å². The minimum Gasteiger partial charge on any atom is -0.497 e. The number of benzene rings is 1. The molecular formula is C13H17FN4O. The van der Waals surface area contributed by atoms with Gasteiger partial charge in [0.2, 0.25) is 0 Å². The van der Waals surface area contributed by atoms with Gasteiger partial charge in [-0.25, -0.2) is 9.07 Å². The second-order valence-corrected chi connectivity index (χ2v) is 4.15. The molecule has 0 bridgehead atoms. The highest BCUT2D eigenvalue weighted by Crippen LogP contribution is 2.16. The fourth-order valence-corrected chi connectivity index (χ4v) is 1.71. The summed E-state index contributed by atoms with van der Waals surface area (Å²) in [4.78, 5) is 0. The Kier molecular flexibility index (Phi) is 4.46. The molecule has 0 aliphatic heterocycles. The van der Waals surface area contributed by atoms with Crippen molar-refractivity contribution in [2.45, 2.75) is 20.0 Å². The standard InChI is InChI=1S/C13H17FN4O/c1-3-15-7-11-9-18(17-16-11)8-10-4-5-12(19-2)6-13(10)14/h4-6,9,15H,3,7-8H2,1-2H3. The fourth-order valence-electron chi connectivity index (χ4n) is 1.71. The van der Waals surface area contributed by atoms with Crippen molar-refractivity contribution >= 4 is 0 Å². The van der Waals surface area contributed by atoms with Gasteiger partial charge < -0.3 is 10.1 Å². The quantitative estimate of drug-likeness (QED) is 0.860. The van der Waals surface area contributed by atoms with E-state index in [-0.39, 0.29) is 5.82 Å². The summed E-state index contributed by atoms with van der Waals surface area (Å²) >= 11 is 0. The van der Waals surface area contributed by atoms with Gasteiger partial charge in [-0.05, 0) is 12.6 Å². The molecule has 102 valence electrons. The van der Waals surface area contributed by atoms with E-state index in [1.54, 1.807) is 16.8 Å². The molecule has 1 N–H and O–H groups in total. The van der Waals surface area contributed by atoms with Gasteiger partial charge >= 0.3 is 0 Å². The lowest BCUT2D eigenvalue weighted by molar-refractivity contribution is 0.410. The summed E-state index contributed by atoms with van der Waals surface area (Å²) in [7, 11) is 1.51. The first-order chi connectivity index (χ1) is 9.22. The van der Waals surface area contributed by atoms with Gasteiger partial charge in [0.25, 0.3) is 0 Å². The van der Waals surface area contributed by atoms with E-state index in [0.717, 1.165) is 12.2 Å². The average molecular weight is 264 g/mol. The molecule has 0 amide bonds. The van der Waals surface area contributed by atoms with Crippen molar-refractivity contribution in [2.75, 3.05) is 13.7 Å². The molecule has 0 fully saturated rings. The molecule has 1 aromatic heterocycles. The normalized spacial score (nSPS) is 10.7. The van der Waals surface area contributed by atoms with Crippen LogP contribution in [0.15, 0.2) is 24.4 Å². The summed E-state index contributed by atoms with van der Waals surface area (Å²) in [5.74, 6) is 0.204. The number of hydrogen-bond acceptors (Lipinski definition) is 4. The molecule has 2 aromatic rings. The van der Waals surface area contributed by atoms with Crippen molar-refractivity contribution in [2.24, 2.45) is 0 Å². The number of methoxy groups -OCH3 is 1. The molecular weight excluding hydrogens is 247 g/mol. The fraction of sp³-hybridized carbons (Fsp3) is 0.385. The van der Waals surface area contributed by atoms with Crippen molar-refractivity contribution < 1.29 is 9.13 Å². The maximum Gasteiger partial charge on any atom is 0.131 e. The van der Waals surface area contributed by atoms with Crippen molar-refractivity contribution in [1.82, 2.24) is 20.3 Å². The number of nitrogens with zero attached hydrogens (tertiary/aromatic N) is 3. The monoisotopic (exact) mass is 264 g/mol. The van der Waals surface area contributed by atoms with Crippen molar-refractivity contribution in [3.8, 4) is 5.75 Å². The van der Waals surface area contributed by atoms with Gasteiger partial charge in [-0.2, -0.15) is 0 Å². The number of nitrogens with one attached hydrogen (secondary N) is 1. The summed E-state index contributed by atoms with van der Waals surface area (Å²) in [5.41, 5.74) is 1.40. The van der Waals surface area contributed by atoms with Gasteiger partial charge in [0, 0.05) is 18.2 Å². The average Bonchev–Trinajstić information content (AvgIpc) is 2.86. The summed E-state index contributed by atoms with van der Waals surface area (Å²) in [6, 6.07) is 4.79. The predicted molar refractivity (Wildman–Crippen MR) is 69.5 cm³/mol. The van der Waals surface area contributed by atoms with Gasteiger partial charge in [0.15, 0.2) is 0 Å². The molecule has 19 heavy (non-hydrogen) atoms. The Hall–Kier alpha value is -1.95. The molecule has 0 aliphatic rings. The Morgan fingerprint density at radius 2 is 2.26 bits per heavy atom. The van der Waals surface area contributed by atoms with E-state index in [4.69, 9.17) is 4.74 Å². The topological polar surface area (TPSA) is 52.0 Å². The van der Waals surface area contributed by atoms with Gasteiger partial charge in [0.1, 0.15) is 11.6 Å². The molecule has 0 aliphatic carbocycles. The van der Waals surface area contributed by atoms with Crippen LogP contribution < -0.4 is 10.1 Å². The summed E-state index contributed by atoms with van der Waals surface area (Å²) in [6.45, 7) is 3.92. The van der Waals surface area contributed by atoms with Crippen LogP contribution in [0.3, 0.4) is 0 Å². The number of rotatable bonds is 6. The molecule has 0 saturated carbocycles. The molecule has 0 spiro atoms. The van der Waals surface area contributed by atoms with Gasteiger partial charge in [-0.15, -0.1) is 5.10 Å². The minimum absolute atomic E-state index is 0.303. The number of ether oxygens (including phenoxy) is 1. The lowest BCUT2D eigenvalue weighted by atomic mass is 10.2. The summed E-state index contributed by atoms with van der Waals surface area (Å²) < 4.78 is 20.4. The third-order valence-electron chi connectivity index (χ3n) is 2.73. The molecule has 0 radical (unpaired) electrons. The largest absolute Gasteiger partial charge is 0.497 e. The van der Waals surface area contributed by atoms with Crippen LogP contribution in [0.4, 0.5) is 4.39 Å². The smallest absolute Gasteiger partial charge is 0.131 e. The van der Waals surface area contributed by atoms with Gasteiger partial charge in [0.05, 0.1) is 25.5 Å². The van der Waals surface area contributed by atoms with Crippen molar-refractivity contribution in [1.29, 1.82) is 0 Å². The first kappa shape index (κ1) is 13.5. The van der Waals surface area contributed by atoms with Crippen LogP contribution in [0.25, 0.3) is 0 Å². The van der Waals surface area contributed by atoms with Crippen LogP contribution in [0.2, 0.25) is 0 Å². The second-order valence-electron chi connectivity index (χ2n) is 4.15. The zero-order valence-corrected chi connectivity index (χ0v) is 11.1. The minimum atomic E-state index is -0.303. The first-order valence-electron chi connectivity index (χ1n) is 6.15. The SMILES string of the molecule is CCNCc1cn(Cc2ccc(OC)cc2F)nn1. The Morgan fingerprint density at radius 1 is 1.42 bits per heavy atom. The van der Waals surface area contributed by atoms with E-state index >= 15 is 0 Å². The zero-order chi connectivity index (χ0) is 13.7. The lowest BCUT2D eigenvalue weighted by Gasteiger charge is -2.05. The molecule has 1 heterocycles. The van der Waals surface area contributed by atoms with Crippen LogP contribution in [-0.4, -0.2) is 28.6 Å². The van der Waals surface area contributed by atoms with E-state index < -0.39 is 0 Å². The molecule has 0 unspecified atom stereocenters. The third kappa shape index (κ3) is 3.51. The van der Waals surface area contributed by atoms with Crippen molar-refractivity contribution in [3.05, 3.63) is 41.5 Å². The van der Waals surface area contributed by atoms with Crippen LogP contribution in [0, 0.1) is 5.82 Å². The first-order valence-corrected chi connectivity index (χ1v) is 6.15. The molecule has 0 saturated heterocycles. The van der Waals surface area contributed by atoms with Crippen LogP contribution in [0.1, 0.15) is 18.2 Å². The molecule has 2 rings (SSSR count). The van der Waals surface area contributed by atoms with Crippen LogP contribution >= 0.6 is 0 Å². The van der Waals surface area contributed by atoms with Crippen molar-refractivity contribution in [3.63, 3.8) is 0 Å². The maximum atomic E-state index is 13.8. The second kappa shape index (κ2) is 6.29. The van der Waals surface area contributed by atoms with Crippen LogP contribution in [-0.2, 0) is 13.1 Å². The summed E-state index contributed by atoms with van der Waals surface area (Å²) in [6.07, 6.45) is 1.81. The molecule has 0 atom stereocenters. The summed E-state index contributed by atoms with van der Waals surface area (Å²) in [5, 5.41) is 11.2. The number of aromatic nitrogens is 3. The lowest BCUT2D eigenvalue weighted by Crippen LogP contribution is -2.11. The maximum absolute atomic E-state index is 13.8. The highest BCUT2D eigenvalue weighted by Gasteiger charge is 2.06.